The van der Waals surface area contributed by atoms with E-state index in [1.807, 2.05) is 30.3 Å². The number of imide groups is 1. The van der Waals surface area contributed by atoms with Crippen LogP contribution in [0.1, 0.15) is 11.1 Å². The summed E-state index contributed by atoms with van der Waals surface area (Å²) in [5.74, 6) is -2.02. The molecule has 0 fully saturated rings. The summed E-state index contributed by atoms with van der Waals surface area (Å²) in [6, 6.07) is 20.5. The van der Waals surface area contributed by atoms with E-state index in [9.17, 15) is 18.4 Å². The van der Waals surface area contributed by atoms with Crippen LogP contribution in [-0.2, 0) is 16.1 Å². The molecule has 0 spiro atoms. The van der Waals surface area contributed by atoms with E-state index in [0.717, 1.165) is 4.90 Å². The maximum atomic E-state index is 14.2. The van der Waals surface area contributed by atoms with Crippen molar-refractivity contribution in [3.05, 3.63) is 107 Å². The van der Waals surface area contributed by atoms with Gasteiger partial charge in [-0.15, -0.1) is 0 Å². The van der Waals surface area contributed by atoms with E-state index < -0.39 is 23.4 Å². The Kier molecular flexibility index (Phi) is 5.14. The predicted octanol–water partition coefficient (Wildman–Crippen LogP) is 4.38. The SMILES string of the molecule is CN(C1=C(c2ccc(F)cc2)C(=O)N(Cc2ccccc2F)C1=O)c1ccccc1. The van der Waals surface area contributed by atoms with Gasteiger partial charge in [0, 0.05) is 18.3 Å². The number of nitrogens with zero attached hydrogens (tertiary/aromatic N) is 2. The standard InChI is InChI=1S/C24H18F2N2O2/c1-27(19-8-3-2-4-9-19)22-21(16-11-13-18(25)14-12-16)23(29)28(24(22)30)15-17-7-5-6-10-20(17)26/h2-14H,15H2,1H3. The van der Waals surface area contributed by atoms with Crippen molar-refractivity contribution in [3.8, 4) is 0 Å². The second kappa shape index (κ2) is 7.91. The zero-order valence-electron chi connectivity index (χ0n) is 16.2. The summed E-state index contributed by atoms with van der Waals surface area (Å²) in [7, 11) is 1.69. The van der Waals surface area contributed by atoms with Crippen LogP contribution < -0.4 is 4.90 Å². The maximum absolute atomic E-state index is 14.2. The molecule has 3 aromatic carbocycles. The lowest BCUT2D eigenvalue weighted by Gasteiger charge is -2.21. The van der Waals surface area contributed by atoms with Gasteiger partial charge in [0.1, 0.15) is 17.3 Å². The highest BCUT2D eigenvalue weighted by Gasteiger charge is 2.41. The third-order valence-electron chi connectivity index (χ3n) is 5.04. The van der Waals surface area contributed by atoms with Gasteiger partial charge in [-0.05, 0) is 35.9 Å². The van der Waals surface area contributed by atoms with Crippen molar-refractivity contribution < 1.29 is 18.4 Å². The summed E-state index contributed by atoms with van der Waals surface area (Å²) in [4.78, 5) is 29.2. The maximum Gasteiger partial charge on any atom is 0.278 e. The van der Waals surface area contributed by atoms with Crippen molar-refractivity contribution in [2.45, 2.75) is 6.54 Å². The molecule has 1 aliphatic heterocycles. The molecular weight excluding hydrogens is 386 g/mol. The summed E-state index contributed by atoms with van der Waals surface area (Å²) in [5, 5.41) is 0. The molecule has 0 saturated carbocycles. The van der Waals surface area contributed by atoms with Crippen LogP contribution in [0, 0.1) is 11.6 Å². The molecule has 150 valence electrons. The van der Waals surface area contributed by atoms with Crippen LogP contribution in [-0.4, -0.2) is 23.8 Å². The second-order valence-corrected chi connectivity index (χ2v) is 6.91. The molecule has 4 nitrogen and oxygen atoms in total. The number of hydrogen-bond acceptors (Lipinski definition) is 3. The Morgan fingerprint density at radius 3 is 2.10 bits per heavy atom. The lowest BCUT2D eigenvalue weighted by molar-refractivity contribution is -0.137. The Balaban J connectivity index is 1.80. The van der Waals surface area contributed by atoms with Crippen molar-refractivity contribution in [2.75, 3.05) is 11.9 Å². The molecule has 1 aliphatic rings. The van der Waals surface area contributed by atoms with Crippen LogP contribution >= 0.6 is 0 Å². The molecule has 2 amide bonds. The summed E-state index contributed by atoms with van der Waals surface area (Å²) in [5.41, 5.74) is 1.68. The van der Waals surface area contributed by atoms with Gasteiger partial charge in [-0.25, -0.2) is 8.78 Å². The average molecular weight is 404 g/mol. The Bertz CT molecular complexity index is 1140. The number of benzene rings is 3. The second-order valence-electron chi connectivity index (χ2n) is 6.91. The molecule has 0 aliphatic carbocycles. The minimum atomic E-state index is -0.548. The van der Waals surface area contributed by atoms with E-state index in [0.29, 0.717) is 11.3 Å². The summed E-state index contributed by atoms with van der Waals surface area (Å²) in [6.45, 7) is -0.193. The van der Waals surface area contributed by atoms with Crippen LogP contribution in [0.15, 0.2) is 84.6 Å². The number of halogens is 2. The smallest absolute Gasteiger partial charge is 0.278 e. The number of rotatable bonds is 5. The molecule has 0 aromatic heterocycles. The normalized spacial score (nSPS) is 13.9. The molecule has 0 atom stereocenters. The lowest BCUT2D eigenvalue weighted by Crippen LogP contribution is -2.34. The van der Waals surface area contributed by atoms with Crippen LogP contribution in [0.2, 0.25) is 0 Å². The van der Waals surface area contributed by atoms with Gasteiger partial charge in [-0.3, -0.25) is 14.5 Å². The highest BCUT2D eigenvalue weighted by Crippen LogP contribution is 2.34. The van der Waals surface area contributed by atoms with Crippen LogP contribution in [0.25, 0.3) is 5.57 Å². The number of anilines is 1. The molecule has 4 rings (SSSR count). The fourth-order valence-electron chi connectivity index (χ4n) is 3.47. The summed E-state index contributed by atoms with van der Waals surface area (Å²) >= 11 is 0. The van der Waals surface area contributed by atoms with Crippen molar-refractivity contribution in [1.29, 1.82) is 0 Å². The molecule has 0 N–H and O–H groups in total. The number of carbonyl (C=O) groups excluding carboxylic acids is 2. The molecule has 6 heteroatoms. The average Bonchev–Trinajstić information content (AvgIpc) is 3.00. The minimum absolute atomic E-state index is 0.155. The van der Waals surface area contributed by atoms with Crippen molar-refractivity contribution >= 4 is 23.1 Å². The molecule has 3 aromatic rings. The highest BCUT2D eigenvalue weighted by atomic mass is 19.1. The number of likely N-dealkylation sites (N-methyl/N-ethyl adjacent to an activating group) is 1. The largest absolute Gasteiger partial charge is 0.339 e. The number of amides is 2. The Labute approximate surface area is 172 Å². The van der Waals surface area contributed by atoms with E-state index in [-0.39, 0.29) is 23.4 Å². The molecule has 0 radical (unpaired) electrons. The Morgan fingerprint density at radius 2 is 1.43 bits per heavy atom. The van der Waals surface area contributed by atoms with E-state index in [1.54, 1.807) is 24.1 Å². The van der Waals surface area contributed by atoms with Gasteiger partial charge < -0.3 is 4.90 Å². The fourth-order valence-corrected chi connectivity index (χ4v) is 3.47. The molecule has 1 heterocycles. The molecule has 0 bridgehead atoms. The molecule has 0 unspecified atom stereocenters. The van der Waals surface area contributed by atoms with Gasteiger partial charge in [0.05, 0.1) is 12.1 Å². The monoisotopic (exact) mass is 404 g/mol. The number of carbonyl (C=O) groups is 2. The third-order valence-corrected chi connectivity index (χ3v) is 5.04. The third kappa shape index (κ3) is 3.48. The topological polar surface area (TPSA) is 40.6 Å². The highest BCUT2D eigenvalue weighted by molar-refractivity contribution is 6.36. The van der Waals surface area contributed by atoms with Crippen molar-refractivity contribution in [1.82, 2.24) is 4.90 Å². The molecule has 30 heavy (non-hydrogen) atoms. The van der Waals surface area contributed by atoms with Gasteiger partial charge in [0.25, 0.3) is 11.8 Å². The lowest BCUT2D eigenvalue weighted by atomic mass is 10.0. The van der Waals surface area contributed by atoms with E-state index >= 15 is 0 Å². The first-order chi connectivity index (χ1) is 14.5. The van der Waals surface area contributed by atoms with Crippen molar-refractivity contribution in [3.63, 3.8) is 0 Å². The summed E-state index contributed by atoms with van der Waals surface area (Å²) < 4.78 is 27.6. The van der Waals surface area contributed by atoms with Crippen LogP contribution in [0.4, 0.5) is 14.5 Å². The first-order valence-electron chi connectivity index (χ1n) is 9.36. The Morgan fingerprint density at radius 1 is 0.800 bits per heavy atom. The van der Waals surface area contributed by atoms with E-state index in [1.165, 1.54) is 36.4 Å². The predicted molar refractivity (Wildman–Crippen MR) is 110 cm³/mol. The molecular formula is C24H18F2N2O2. The number of hydrogen-bond donors (Lipinski definition) is 0. The number of para-hydroxylation sites is 1. The minimum Gasteiger partial charge on any atom is -0.339 e. The van der Waals surface area contributed by atoms with E-state index in [4.69, 9.17) is 0 Å². The quantitative estimate of drug-likeness (QED) is 0.593. The van der Waals surface area contributed by atoms with Crippen LogP contribution in [0.3, 0.4) is 0 Å². The zero-order valence-corrected chi connectivity index (χ0v) is 16.2. The first-order valence-corrected chi connectivity index (χ1v) is 9.36. The van der Waals surface area contributed by atoms with Gasteiger partial charge in [-0.2, -0.15) is 0 Å². The van der Waals surface area contributed by atoms with Crippen molar-refractivity contribution in [2.24, 2.45) is 0 Å². The van der Waals surface area contributed by atoms with Gasteiger partial charge >= 0.3 is 0 Å². The first kappa shape index (κ1) is 19.5. The van der Waals surface area contributed by atoms with E-state index in [2.05, 4.69) is 0 Å². The van der Waals surface area contributed by atoms with Gasteiger partial charge in [0.2, 0.25) is 0 Å². The van der Waals surface area contributed by atoms with Gasteiger partial charge in [0.15, 0.2) is 0 Å². The summed E-state index contributed by atoms with van der Waals surface area (Å²) in [6.07, 6.45) is 0. The zero-order chi connectivity index (χ0) is 21.3. The van der Waals surface area contributed by atoms with Crippen LogP contribution in [0.5, 0.6) is 0 Å². The Hall–Kier alpha value is -3.80. The fraction of sp³-hybridized carbons (Fsp3) is 0.0833. The molecule has 0 saturated heterocycles. The van der Waals surface area contributed by atoms with Gasteiger partial charge in [-0.1, -0.05) is 48.5 Å².